The predicted octanol–water partition coefficient (Wildman–Crippen LogP) is 4.23. The number of hydrogen-bond acceptors (Lipinski definition) is 3. The first-order valence-electron chi connectivity index (χ1n) is 8.22. The van der Waals surface area contributed by atoms with Crippen LogP contribution in [0.2, 0.25) is 0 Å². The van der Waals surface area contributed by atoms with Crippen molar-refractivity contribution in [3.8, 4) is 5.75 Å². The van der Waals surface area contributed by atoms with E-state index in [1.54, 1.807) is 18.4 Å². The van der Waals surface area contributed by atoms with E-state index in [0.29, 0.717) is 5.92 Å². The molecule has 0 saturated heterocycles. The van der Waals surface area contributed by atoms with Gasteiger partial charge in [-0.15, -0.1) is 35.3 Å². The molecule has 1 atom stereocenters. The SMILES string of the molecule is CN=C(NCC(C)c1ccccc1OC)N(C)CCc1cccs1.I. The number of methoxy groups -OCH3 is 1. The van der Waals surface area contributed by atoms with Crippen molar-refractivity contribution in [2.75, 3.05) is 34.3 Å². The molecule has 0 radical (unpaired) electrons. The Labute approximate surface area is 172 Å². The average Bonchev–Trinajstić information content (AvgIpc) is 3.13. The number of nitrogens with zero attached hydrogens (tertiary/aromatic N) is 2. The normalized spacial score (nSPS) is 12.2. The third-order valence-electron chi connectivity index (χ3n) is 4.08. The molecule has 0 bridgehead atoms. The molecular formula is C19H28IN3OS. The lowest BCUT2D eigenvalue weighted by Gasteiger charge is -2.24. The van der Waals surface area contributed by atoms with E-state index < -0.39 is 0 Å². The van der Waals surface area contributed by atoms with E-state index in [1.165, 1.54) is 10.4 Å². The molecule has 0 aliphatic rings. The summed E-state index contributed by atoms with van der Waals surface area (Å²) in [6.45, 7) is 3.96. The van der Waals surface area contributed by atoms with Gasteiger partial charge in [0.25, 0.3) is 0 Å². The second kappa shape index (κ2) is 11.4. The first-order chi connectivity index (χ1) is 11.7. The van der Waals surface area contributed by atoms with Crippen LogP contribution in [0, 0.1) is 0 Å². The van der Waals surface area contributed by atoms with Crippen LogP contribution in [-0.2, 0) is 6.42 Å². The average molecular weight is 473 g/mol. The van der Waals surface area contributed by atoms with Gasteiger partial charge in [-0.1, -0.05) is 31.2 Å². The summed E-state index contributed by atoms with van der Waals surface area (Å²) in [7, 11) is 5.63. The molecule has 0 aliphatic heterocycles. The molecule has 0 fully saturated rings. The number of halogens is 1. The zero-order valence-electron chi connectivity index (χ0n) is 15.4. The van der Waals surface area contributed by atoms with Gasteiger partial charge in [-0.3, -0.25) is 4.99 Å². The number of ether oxygens (including phenoxy) is 1. The maximum absolute atomic E-state index is 5.46. The summed E-state index contributed by atoms with van der Waals surface area (Å²) in [5, 5.41) is 5.59. The Morgan fingerprint density at radius 1 is 1.28 bits per heavy atom. The summed E-state index contributed by atoms with van der Waals surface area (Å²) >= 11 is 1.80. The molecule has 1 aromatic carbocycles. The molecule has 1 aromatic heterocycles. The molecule has 1 unspecified atom stereocenters. The smallest absolute Gasteiger partial charge is 0.193 e. The van der Waals surface area contributed by atoms with Crippen LogP contribution < -0.4 is 10.1 Å². The highest BCUT2D eigenvalue weighted by Gasteiger charge is 2.13. The lowest BCUT2D eigenvalue weighted by atomic mass is 10.0. The third kappa shape index (κ3) is 6.51. The zero-order valence-corrected chi connectivity index (χ0v) is 18.5. The molecule has 0 amide bonds. The Morgan fingerprint density at radius 2 is 2.04 bits per heavy atom. The van der Waals surface area contributed by atoms with Crippen LogP contribution in [0.5, 0.6) is 5.75 Å². The maximum Gasteiger partial charge on any atom is 0.193 e. The van der Waals surface area contributed by atoms with E-state index in [-0.39, 0.29) is 24.0 Å². The van der Waals surface area contributed by atoms with Crippen LogP contribution in [0.25, 0.3) is 0 Å². The Morgan fingerprint density at radius 3 is 2.68 bits per heavy atom. The van der Waals surface area contributed by atoms with Gasteiger partial charge >= 0.3 is 0 Å². The highest BCUT2D eigenvalue weighted by Crippen LogP contribution is 2.25. The van der Waals surface area contributed by atoms with Gasteiger partial charge in [-0.2, -0.15) is 0 Å². The van der Waals surface area contributed by atoms with Gasteiger partial charge in [-0.25, -0.2) is 0 Å². The molecular weight excluding hydrogens is 445 g/mol. The van der Waals surface area contributed by atoms with E-state index in [1.807, 2.05) is 19.2 Å². The van der Waals surface area contributed by atoms with Gasteiger partial charge in [-0.05, 0) is 29.5 Å². The number of likely N-dealkylation sites (N-methyl/N-ethyl adjacent to an activating group) is 1. The number of para-hydroxylation sites is 1. The van der Waals surface area contributed by atoms with Gasteiger partial charge in [0.1, 0.15) is 5.75 Å². The predicted molar refractivity (Wildman–Crippen MR) is 119 cm³/mol. The molecule has 25 heavy (non-hydrogen) atoms. The van der Waals surface area contributed by atoms with Crippen LogP contribution in [0.3, 0.4) is 0 Å². The monoisotopic (exact) mass is 473 g/mol. The molecule has 1 N–H and O–H groups in total. The Balaban J connectivity index is 0.00000312. The fourth-order valence-corrected chi connectivity index (χ4v) is 3.35. The van der Waals surface area contributed by atoms with Crippen molar-refractivity contribution in [1.82, 2.24) is 10.2 Å². The highest BCUT2D eigenvalue weighted by atomic mass is 127. The second-order valence-corrected chi connectivity index (χ2v) is 6.85. The number of guanidine groups is 1. The van der Waals surface area contributed by atoms with Gasteiger partial charge in [0.15, 0.2) is 5.96 Å². The van der Waals surface area contributed by atoms with Crippen LogP contribution in [0.4, 0.5) is 0 Å². The molecule has 4 nitrogen and oxygen atoms in total. The van der Waals surface area contributed by atoms with Gasteiger partial charge in [0, 0.05) is 38.0 Å². The second-order valence-electron chi connectivity index (χ2n) is 5.82. The van der Waals surface area contributed by atoms with Gasteiger partial charge < -0.3 is 15.0 Å². The minimum atomic E-state index is 0. The number of rotatable bonds is 7. The topological polar surface area (TPSA) is 36.9 Å². The molecule has 2 aromatic rings. The highest BCUT2D eigenvalue weighted by molar-refractivity contribution is 14.0. The molecule has 0 spiro atoms. The Hall–Kier alpha value is -1.28. The summed E-state index contributed by atoms with van der Waals surface area (Å²) < 4.78 is 5.46. The maximum atomic E-state index is 5.46. The molecule has 1 heterocycles. The van der Waals surface area contributed by atoms with Crippen molar-refractivity contribution in [2.45, 2.75) is 19.3 Å². The minimum absolute atomic E-state index is 0. The minimum Gasteiger partial charge on any atom is -0.496 e. The van der Waals surface area contributed by atoms with Crippen molar-refractivity contribution in [2.24, 2.45) is 4.99 Å². The summed E-state index contributed by atoms with van der Waals surface area (Å²) in [5.41, 5.74) is 1.21. The van der Waals surface area contributed by atoms with E-state index in [2.05, 4.69) is 58.8 Å². The standard InChI is InChI=1S/C19H27N3OS.HI/c1-15(17-9-5-6-10-18(17)23-4)14-21-19(20-2)22(3)12-11-16-8-7-13-24-16;/h5-10,13,15H,11-12,14H2,1-4H3,(H,20,21);1H. The van der Waals surface area contributed by atoms with Gasteiger partial charge in [0.05, 0.1) is 7.11 Å². The molecule has 2 rings (SSSR count). The lowest BCUT2D eigenvalue weighted by molar-refractivity contribution is 0.405. The number of nitrogens with one attached hydrogen (secondary N) is 1. The molecule has 138 valence electrons. The Kier molecular flexibility index (Phi) is 9.89. The van der Waals surface area contributed by atoms with Crippen molar-refractivity contribution in [1.29, 1.82) is 0 Å². The molecule has 6 heteroatoms. The fourth-order valence-electron chi connectivity index (χ4n) is 2.65. The molecule has 0 saturated carbocycles. The lowest BCUT2D eigenvalue weighted by Crippen LogP contribution is -2.41. The quantitative estimate of drug-likeness (QED) is 0.372. The number of aliphatic imine (C=N–C) groups is 1. The third-order valence-corrected chi connectivity index (χ3v) is 5.02. The number of benzene rings is 1. The van der Waals surface area contributed by atoms with E-state index >= 15 is 0 Å². The van der Waals surface area contributed by atoms with Crippen LogP contribution in [-0.4, -0.2) is 45.2 Å². The van der Waals surface area contributed by atoms with Crippen LogP contribution in [0.15, 0.2) is 46.8 Å². The van der Waals surface area contributed by atoms with E-state index in [0.717, 1.165) is 31.2 Å². The summed E-state index contributed by atoms with van der Waals surface area (Å²) in [6, 6.07) is 12.5. The summed E-state index contributed by atoms with van der Waals surface area (Å²) in [6.07, 6.45) is 1.04. The van der Waals surface area contributed by atoms with E-state index in [9.17, 15) is 0 Å². The Bertz CT molecular complexity index is 646. The van der Waals surface area contributed by atoms with Crippen molar-refractivity contribution in [3.63, 3.8) is 0 Å². The number of hydrogen-bond donors (Lipinski definition) is 1. The van der Waals surface area contributed by atoms with Crippen molar-refractivity contribution >= 4 is 41.3 Å². The fraction of sp³-hybridized carbons (Fsp3) is 0.421. The van der Waals surface area contributed by atoms with Crippen molar-refractivity contribution < 1.29 is 4.74 Å². The largest absolute Gasteiger partial charge is 0.496 e. The van der Waals surface area contributed by atoms with Crippen molar-refractivity contribution in [3.05, 3.63) is 52.2 Å². The summed E-state index contributed by atoms with van der Waals surface area (Å²) in [5.74, 6) is 2.20. The summed E-state index contributed by atoms with van der Waals surface area (Å²) in [4.78, 5) is 7.98. The first kappa shape index (κ1) is 21.8. The van der Waals surface area contributed by atoms with Crippen LogP contribution >= 0.6 is 35.3 Å². The zero-order chi connectivity index (χ0) is 17.4. The van der Waals surface area contributed by atoms with Crippen LogP contribution in [0.1, 0.15) is 23.3 Å². The first-order valence-corrected chi connectivity index (χ1v) is 9.10. The van der Waals surface area contributed by atoms with Gasteiger partial charge in [0.2, 0.25) is 0 Å². The molecule has 0 aliphatic carbocycles. The van der Waals surface area contributed by atoms with E-state index in [4.69, 9.17) is 4.74 Å². The number of thiophene rings is 1.